The van der Waals surface area contributed by atoms with Gasteiger partial charge in [0.1, 0.15) is 0 Å². The van der Waals surface area contributed by atoms with Crippen molar-refractivity contribution in [3.63, 3.8) is 0 Å². The van der Waals surface area contributed by atoms with E-state index in [0.717, 1.165) is 19.3 Å². The van der Waals surface area contributed by atoms with Crippen molar-refractivity contribution in [3.05, 3.63) is 16.1 Å². The molecule has 13 heavy (non-hydrogen) atoms. The molecule has 0 fully saturated rings. The summed E-state index contributed by atoms with van der Waals surface area (Å²) in [6, 6.07) is 0.275. The standard InChI is InChI=1S/C10H18N2S/c1-3-5-10-12-9(7-13-10)6-8(11)4-2/h7-8H,3-6,11H2,1-2H3. The monoisotopic (exact) mass is 198 g/mol. The Morgan fingerprint density at radius 1 is 1.54 bits per heavy atom. The molecule has 0 aliphatic heterocycles. The van der Waals surface area contributed by atoms with E-state index in [1.54, 1.807) is 11.3 Å². The molecule has 1 heterocycles. The second kappa shape index (κ2) is 5.35. The van der Waals surface area contributed by atoms with Crippen molar-refractivity contribution < 1.29 is 0 Å². The van der Waals surface area contributed by atoms with Crippen LogP contribution in [0.1, 0.15) is 37.4 Å². The normalized spacial score (nSPS) is 13.2. The zero-order valence-corrected chi connectivity index (χ0v) is 9.23. The van der Waals surface area contributed by atoms with E-state index in [0.29, 0.717) is 0 Å². The minimum Gasteiger partial charge on any atom is -0.327 e. The van der Waals surface area contributed by atoms with Crippen LogP contribution in [0.2, 0.25) is 0 Å². The minimum atomic E-state index is 0.275. The van der Waals surface area contributed by atoms with Crippen LogP contribution in [-0.4, -0.2) is 11.0 Å². The number of thiazole rings is 1. The highest BCUT2D eigenvalue weighted by Crippen LogP contribution is 2.13. The first-order chi connectivity index (χ1) is 6.26. The molecule has 1 aromatic heterocycles. The first-order valence-electron chi connectivity index (χ1n) is 4.95. The molecule has 1 atom stereocenters. The van der Waals surface area contributed by atoms with Gasteiger partial charge in [0.05, 0.1) is 10.7 Å². The van der Waals surface area contributed by atoms with E-state index < -0.39 is 0 Å². The molecule has 2 N–H and O–H groups in total. The lowest BCUT2D eigenvalue weighted by Gasteiger charge is -2.04. The summed E-state index contributed by atoms with van der Waals surface area (Å²) < 4.78 is 0. The van der Waals surface area contributed by atoms with Crippen molar-refractivity contribution in [2.24, 2.45) is 5.73 Å². The van der Waals surface area contributed by atoms with Gasteiger partial charge in [-0.3, -0.25) is 0 Å². The number of hydrogen-bond donors (Lipinski definition) is 1. The van der Waals surface area contributed by atoms with Crippen LogP contribution in [0.3, 0.4) is 0 Å². The number of nitrogens with zero attached hydrogens (tertiary/aromatic N) is 1. The number of aromatic nitrogens is 1. The molecule has 0 aromatic carbocycles. The molecule has 0 radical (unpaired) electrons. The first kappa shape index (κ1) is 10.7. The third-order valence-electron chi connectivity index (χ3n) is 2.06. The largest absolute Gasteiger partial charge is 0.327 e. The third-order valence-corrected chi connectivity index (χ3v) is 3.02. The average molecular weight is 198 g/mol. The molecule has 0 aliphatic carbocycles. The van der Waals surface area contributed by atoms with E-state index in [-0.39, 0.29) is 6.04 Å². The van der Waals surface area contributed by atoms with Gasteiger partial charge in [-0.2, -0.15) is 0 Å². The van der Waals surface area contributed by atoms with Crippen molar-refractivity contribution >= 4 is 11.3 Å². The highest BCUT2D eigenvalue weighted by atomic mass is 32.1. The van der Waals surface area contributed by atoms with Crippen molar-refractivity contribution in [2.75, 3.05) is 0 Å². The predicted octanol–water partition coefficient (Wildman–Crippen LogP) is 2.38. The van der Waals surface area contributed by atoms with Crippen molar-refractivity contribution in [2.45, 2.75) is 45.6 Å². The zero-order chi connectivity index (χ0) is 9.68. The molecule has 0 aliphatic rings. The molecule has 2 nitrogen and oxygen atoms in total. The maximum Gasteiger partial charge on any atom is 0.0928 e. The highest BCUT2D eigenvalue weighted by Gasteiger charge is 2.05. The smallest absolute Gasteiger partial charge is 0.0928 e. The summed E-state index contributed by atoms with van der Waals surface area (Å²) in [4.78, 5) is 4.53. The molecule has 0 spiro atoms. The Hall–Kier alpha value is -0.410. The summed E-state index contributed by atoms with van der Waals surface area (Å²) in [5.74, 6) is 0. The van der Waals surface area contributed by atoms with Gasteiger partial charge in [0.15, 0.2) is 0 Å². The van der Waals surface area contributed by atoms with Gasteiger partial charge in [0.2, 0.25) is 0 Å². The number of hydrogen-bond acceptors (Lipinski definition) is 3. The Morgan fingerprint density at radius 3 is 2.92 bits per heavy atom. The van der Waals surface area contributed by atoms with E-state index >= 15 is 0 Å². The van der Waals surface area contributed by atoms with Crippen LogP contribution >= 0.6 is 11.3 Å². The Labute approximate surface area is 84.2 Å². The number of aryl methyl sites for hydroxylation is 1. The van der Waals surface area contributed by atoms with Crippen LogP contribution in [0, 0.1) is 0 Å². The first-order valence-corrected chi connectivity index (χ1v) is 5.83. The van der Waals surface area contributed by atoms with E-state index in [4.69, 9.17) is 5.73 Å². The van der Waals surface area contributed by atoms with Gasteiger partial charge in [-0.1, -0.05) is 13.8 Å². The van der Waals surface area contributed by atoms with Crippen LogP contribution < -0.4 is 5.73 Å². The zero-order valence-electron chi connectivity index (χ0n) is 8.42. The Morgan fingerprint density at radius 2 is 2.31 bits per heavy atom. The quantitative estimate of drug-likeness (QED) is 0.789. The lowest BCUT2D eigenvalue weighted by molar-refractivity contribution is 0.637. The summed E-state index contributed by atoms with van der Waals surface area (Å²) in [7, 11) is 0. The molecule has 74 valence electrons. The molecular formula is C10H18N2S. The number of nitrogens with two attached hydrogens (primary N) is 1. The van der Waals surface area contributed by atoms with Gasteiger partial charge >= 0.3 is 0 Å². The van der Waals surface area contributed by atoms with Crippen molar-refractivity contribution in [1.29, 1.82) is 0 Å². The summed E-state index contributed by atoms with van der Waals surface area (Å²) in [6.07, 6.45) is 4.23. The third kappa shape index (κ3) is 3.44. The van der Waals surface area contributed by atoms with E-state index in [9.17, 15) is 0 Å². The maximum absolute atomic E-state index is 5.85. The summed E-state index contributed by atoms with van der Waals surface area (Å²) in [5, 5.41) is 3.39. The second-order valence-corrected chi connectivity index (χ2v) is 4.30. The molecule has 0 saturated carbocycles. The predicted molar refractivity (Wildman–Crippen MR) is 58.1 cm³/mol. The van der Waals surface area contributed by atoms with Crippen LogP contribution in [0.5, 0.6) is 0 Å². The molecule has 3 heteroatoms. The summed E-state index contributed by atoms with van der Waals surface area (Å²) >= 11 is 1.76. The van der Waals surface area contributed by atoms with E-state index in [2.05, 4.69) is 24.2 Å². The van der Waals surface area contributed by atoms with Gasteiger partial charge in [0.25, 0.3) is 0 Å². The van der Waals surface area contributed by atoms with Gasteiger partial charge in [-0.15, -0.1) is 11.3 Å². The van der Waals surface area contributed by atoms with Gasteiger partial charge < -0.3 is 5.73 Å². The fourth-order valence-electron chi connectivity index (χ4n) is 1.18. The molecular weight excluding hydrogens is 180 g/mol. The lowest BCUT2D eigenvalue weighted by atomic mass is 10.1. The minimum absolute atomic E-state index is 0.275. The Kier molecular flexibility index (Phi) is 4.39. The van der Waals surface area contributed by atoms with Crippen molar-refractivity contribution in [3.8, 4) is 0 Å². The second-order valence-electron chi connectivity index (χ2n) is 3.36. The lowest BCUT2D eigenvalue weighted by Crippen LogP contribution is -2.21. The SMILES string of the molecule is CCCc1nc(CC(N)CC)cs1. The molecule has 0 amide bonds. The molecule has 1 aromatic rings. The van der Waals surface area contributed by atoms with Crippen LogP contribution in [0.4, 0.5) is 0 Å². The fourth-order valence-corrected chi connectivity index (χ4v) is 2.10. The molecule has 0 bridgehead atoms. The highest BCUT2D eigenvalue weighted by molar-refractivity contribution is 7.09. The summed E-state index contributed by atoms with van der Waals surface area (Å²) in [6.45, 7) is 4.29. The molecule has 1 rings (SSSR count). The average Bonchev–Trinajstić information content (AvgIpc) is 2.53. The van der Waals surface area contributed by atoms with Crippen LogP contribution in [0.25, 0.3) is 0 Å². The van der Waals surface area contributed by atoms with Gasteiger partial charge in [-0.05, 0) is 19.3 Å². The van der Waals surface area contributed by atoms with Crippen molar-refractivity contribution in [1.82, 2.24) is 4.98 Å². The molecule has 1 unspecified atom stereocenters. The molecule has 0 saturated heterocycles. The van der Waals surface area contributed by atoms with Crippen LogP contribution in [0.15, 0.2) is 5.38 Å². The Balaban J connectivity index is 2.48. The van der Waals surface area contributed by atoms with E-state index in [1.807, 2.05) is 0 Å². The maximum atomic E-state index is 5.85. The Bertz CT molecular complexity index is 245. The summed E-state index contributed by atoms with van der Waals surface area (Å²) in [5.41, 5.74) is 7.02. The number of rotatable bonds is 5. The van der Waals surface area contributed by atoms with Gasteiger partial charge in [-0.25, -0.2) is 4.98 Å². The topological polar surface area (TPSA) is 38.9 Å². The fraction of sp³-hybridized carbons (Fsp3) is 0.700. The van der Waals surface area contributed by atoms with Crippen LogP contribution in [-0.2, 0) is 12.8 Å². The van der Waals surface area contributed by atoms with Gasteiger partial charge in [0, 0.05) is 17.8 Å². The van der Waals surface area contributed by atoms with E-state index in [1.165, 1.54) is 17.1 Å².